The molecule has 0 unspecified atom stereocenters. The van der Waals surface area contributed by atoms with Gasteiger partial charge in [0, 0.05) is 18.8 Å². The number of carbonyl (C=O) groups is 1. The molecule has 0 bridgehead atoms. The summed E-state index contributed by atoms with van der Waals surface area (Å²) >= 11 is 0. The van der Waals surface area contributed by atoms with Crippen LogP contribution in [0.3, 0.4) is 0 Å². The third kappa shape index (κ3) is 4.46. The molecule has 0 spiro atoms. The zero-order valence-corrected chi connectivity index (χ0v) is 16.2. The van der Waals surface area contributed by atoms with Crippen LogP contribution in [0.2, 0.25) is 0 Å². The highest BCUT2D eigenvalue weighted by Crippen LogP contribution is 2.17. The summed E-state index contributed by atoms with van der Waals surface area (Å²) in [5.74, 6) is 1.04. The molecule has 3 aromatic rings. The summed E-state index contributed by atoms with van der Waals surface area (Å²) in [6, 6.07) is 11.0. The molecule has 1 aromatic carbocycles. The van der Waals surface area contributed by atoms with E-state index in [2.05, 4.69) is 20.6 Å². The van der Waals surface area contributed by atoms with E-state index in [1.165, 1.54) is 0 Å². The molecule has 2 heterocycles. The Morgan fingerprint density at radius 1 is 1.18 bits per heavy atom. The largest absolute Gasteiger partial charge is 0.497 e. The first-order valence-corrected chi connectivity index (χ1v) is 9.05. The molecule has 2 aromatic heterocycles. The normalized spacial score (nSPS) is 10.5. The van der Waals surface area contributed by atoms with Gasteiger partial charge in [-0.2, -0.15) is 0 Å². The van der Waals surface area contributed by atoms with Crippen LogP contribution in [0.25, 0.3) is 5.69 Å². The van der Waals surface area contributed by atoms with Crippen molar-refractivity contribution < 1.29 is 14.3 Å². The number of pyridine rings is 1. The van der Waals surface area contributed by atoms with Crippen molar-refractivity contribution >= 4 is 5.91 Å². The number of nitrogens with one attached hydrogen (secondary N) is 1. The molecular formula is C20H23N5O3. The lowest BCUT2D eigenvalue weighted by molar-refractivity contribution is 0.0945. The Morgan fingerprint density at radius 3 is 2.61 bits per heavy atom. The minimum Gasteiger partial charge on any atom is -0.497 e. The van der Waals surface area contributed by atoms with Gasteiger partial charge in [-0.05, 0) is 43.2 Å². The number of hydrogen-bond donors (Lipinski definition) is 1. The van der Waals surface area contributed by atoms with Crippen LogP contribution >= 0.6 is 0 Å². The van der Waals surface area contributed by atoms with Gasteiger partial charge in [0.25, 0.3) is 5.91 Å². The smallest absolute Gasteiger partial charge is 0.274 e. The molecule has 0 saturated carbocycles. The highest BCUT2D eigenvalue weighted by Gasteiger charge is 2.17. The Kier molecular flexibility index (Phi) is 6.21. The topological polar surface area (TPSA) is 91.2 Å². The SMILES string of the molecule is CCCOc1ccc(CNC(=O)c2nnn(-c3ccc(OC)cc3)c2C)cn1. The van der Waals surface area contributed by atoms with Gasteiger partial charge < -0.3 is 14.8 Å². The average Bonchev–Trinajstić information content (AvgIpc) is 3.12. The van der Waals surface area contributed by atoms with Gasteiger partial charge >= 0.3 is 0 Å². The fourth-order valence-electron chi connectivity index (χ4n) is 2.58. The second-order valence-electron chi connectivity index (χ2n) is 6.17. The van der Waals surface area contributed by atoms with Gasteiger partial charge in [0.2, 0.25) is 5.88 Å². The summed E-state index contributed by atoms with van der Waals surface area (Å²) in [7, 11) is 1.61. The Hall–Kier alpha value is -3.42. The minimum atomic E-state index is -0.288. The van der Waals surface area contributed by atoms with Gasteiger partial charge in [-0.1, -0.05) is 18.2 Å². The monoisotopic (exact) mass is 381 g/mol. The molecule has 1 N–H and O–H groups in total. The quantitative estimate of drug-likeness (QED) is 0.645. The first-order valence-electron chi connectivity index (χ1n) is 9.05. The molecule has 28 heavy (non-hydrogen) atoms. The first-order chi connectivity index (χ1) is 13.6. The number of methoxy groups -OCH3 is 1. The van der Waals surface area contributed by atoms with Crippen LogP contribution in [0, 0.1) is 6.92 Å². The molecule has 0 radical (unpaired) electrons. The number of rotatable bonds is 8. The van der Waals surface area contributed by atoms with Crippen LogP contribution in [0.4, 0.5) is 0 Å². The molecule has 0 aliphatic carbocycles. The van der Waals surface area contributed by atoms with Crippen molar-refractivity contribution in [2.45, 2.75) is 26.8 Å². The average molecular weight is 381 g/mol. The van der Waals surface area contributed by atoms with Crippen LogP contribution in [-0.2, 0) is 6.54 Å². The van der Waals surface area contributed by atoms with Crippen LogP contribution in [0.5, 0.6) is 11.6 Å². The van der Waals surface area contributed by atoms with E-state index in [-0.39, 0.29) is 11.6 Å². The van der Waals surface area contributed by atoms with Crippen LogP contribution < -0.4 is 14.8 Å². The Labute approximate surface area is 163 Å². The number of amides is 1. The summed E-state index contributed by atoms with van der Waals surface area (Å²) in [5.41, 5.74) is 2.62. The second-order valence-corrected chi connectivity index (χ2v) is 6.17. The molecule has 8 nitrogen and oxygen atoms in total. The Balaban J connectivity index is 1.64. The van der Waals surface area contributed by atoms with Crippen molar-refractivity contribution in [2.24, 2.45) is 0 Å². The third-order valence-corrected chi connectivity index (χ3v) is 4.13. The number of hydrogen-bond acceptors (Lipinski definition) is 6. The minimum absolute atomic E-state index is 0.284. The number of carbonyl (C=O) groups excluding carboxylic acids is 1. The van der Waals surface area contributed by atoms with Crippen molar-refractivity contribution in [3.8, 4) is 17.3 Å². The number of ether oxygens (including phenoxy) is 2. The first kappa shape index (κ1) is 19.3. The van der Waals surface area contributed by atoms with Crippen molar-refractivity contribution in [3.63, 3.8) is 0 Å². The summed E-state index contributed by atoms with van der Waals surface area (Å²) in [5, 5.41) is 11.0. The van der Waals surface area contributed by atoms with E-state index in [0.717, 1.165) is 23.4 Å². The third-order valence-electron chi connectivity index (χ3n) is 4.13. The molecule has 0 atom stereocenters. The van der Waals surface area contributed by atoms with Crippen molar-refractivity contribution in [1.82, 2.24) is 25.3 Å². The predicted octanol–water partition coefficient (Wildman–Crippen LogP) is 2.70. The summed E-state index contributed by atoms with van der Waals surface area (Å²) in [6.07, 6.45) is 2.61. The van der Waals surface area contributed by atoms with E-state index in [0.29, 0.717) is 24.7 Å². The van der Waals surface area contributed by atoms with Gasteiger partial charge in [0.15, 0.2) is 5.69 Å². The molecule has 1 amide bonds. The van der Waals surface area contributed by atoms with E-state index >= 15 is 0 Å². The highest BCUT2D eigenvalue weighted by molar-refractivity contribution is 5.93. The standard InChI is InChI=1S/C20H23N5O3/c1-4-11-28-18-10-5-15(12-21-18)13-22-20(26)19-14(2)25(24-23-19)16-6-8-17(27-3)9-7-16/h5-10,12H,4,11,13H2,1-3H3,(H,22,26). The van der Waals surface area contributed by atoms with Gasteiger partial charge in [-0.25, -0.2) is 9.67 Å². The van der Waals surface area contributed by atoms with E-state index < -0.39 is 0 Å². The van der Waals surface area contributed by atoms with Crippen molar-refractivity contribution in [2.75, 3.05) is 13.7 Å². The van der Waals surface area contributed by atoms with Gasteiger partial charge in [0.05, 0.1) is 25.1 Å². The van der Waals surface area contributed by atoms with E-state index in [1.807, 2.05) is 37.3 Å². The number of nitrogens with zero attached hydrogens (tertiary/aromatic N) is 4. The second kappa shape index (κ2) is 8.98. The van der Waals surface area contributed by atoms with Crippen LogP contribution in [0.1, 0.15) is 35.1 Å². The van der Waals surface area contributed by atoms with E-state index in [1.54, 1.807) is 31.0 Å². The molecule has 3 rings (SSSR count). The lowest BCUT2D eigenvalue weighted by atomic mass is 10.2. The van der Waals surface area contributed by atoms with Gasteiger partial charge in [-0.15, -0.1) is 5.10 Å². The van der Waals surface area contributed by atoms with E-state index in [4.69, 9.17) is 9.47 Å². The molecule has 8 heteroatoms. The van der Waals surface area contributed by atoms with Crippen LogP contribution in [-0.4, -0.2) is 39.6 Å². The Bertz CT molecular complexity index is 920. The van der Waals surface area contributed by atoms with Crippen LogP contribution in [0.15, 0.2) is 42.6 Å². The molecule has 0 saturated heterocycles. The number of benzene rings is 1. The fourth-order valence-corrected chi connectivity index (χ4v) is 2.58. The number of aromatic nitrogens is 4. The molecule has 0 fully saturated rings. The lowest BCUT2D eigenvalue weighted by Crippen LogP contribution is -2.24. The summed E-state index contributed by atoms with van der Waals surface area (Å²) in [6.45, 7) is 4.82. The molecule has 0 aliphatic rings. The van der Waals surface area contributed by atoms with Crippen molar-refractivity contribution in [1.29, 1.82) is 0 Å². The predicted molar refractivity (Wildman–Crippen MR) is 104 cm³/mol. The summed E-state index contributed by atoms with van der Waals surface area (Å²) < 4.78 is 12.2. The highest BCUT2D eigenvalue weighted by atomic mass is 16.5. The maximum Gasteiger partial charge on any atom is 0.274 e. The van der Waals surface area contributed by atoms with Gasteiger partial charge in [0.1, 0.15) is 5.75 Å². The zero-order chi connectivity index (χ0) is 19.9. The maximum atomic E-state index is 12.5. The van der Waals surface area contributed by atoms with E-state index in [9.17, 15) is 4.79 Å². The van der Waals surface area contributed by atoms with Gasteiger partial charge in [-0.3, -0.25) is 4.79 Å². The Morgan fingerprint density at radius 2 is 1.96 bits per heavy atom. The zero-order valence-electron chi connectivity index (χ0n) is 16.2. The lowest BCUT2D eigenvalue weighted by Gasteiger charge is -2.07. The van der Waals surface area contributed by atoms with Crippen molar-refractivity contribution in [3.05, 3.63) is 59.5 Å². The molecule has 146 valence electrons. The fraction of sp³-hybridized carbons (Fsp3) is 0.300. The summed E-state index contributed by atoms with van der Waals surface area (Å²) in [4.78, 5) is 16.7. The molecular weight excluding hydrogens is 358 g/mol. The molecule has 0 aliphatic heterocycles. The maximum absolute atomic E-state index is 12.5.